The molecule has 1 aromatic carbocycles. The van der Waals surface area contributed by atoms with Crippen molar-refractivity contribution in [2.75, 3.05) is 7.11 Å². The van der Waals surface area contributed by atoms with Crippen molar-refractivity contribution in [1.82, 2.24) is 14.3 Å². The Hall–Kier alpha value is -1.09. The summed E-state index contributed by atoms with van der Waals surface area (Å²) in [6.45, 7) is 0.0673. The molecule has 9 heteroatoms. The van der Waals surface area contributed by atoms with Gasteiger partial charge in [0.2, 0.25) is 5.03 Å². The van der Waals surface area contributed by atoms with Gasteiger partial charge >= 0.3 is 0 Å². The smallest absolute Gasteiger partial charge is 0.261 e. The fourth-order valence-electron chi connectivity index (χ4n) is 1.70. The van der Waals surface area contributed by atoms with Crippen LogP contribution in [0.15, 0.2) is 34.0 Å². The Kier molecular flexibility index (Phi) is 4.92. The van der Waals surface area contributed by atoms with E-state index in [1.54, 1.807) is 19.2 Å². The van der Waals surface area contributed by atoms with Gasteiger partial charge in [-0.25, -0.2) is 18.1 Å². The SMILES string of the molecule is COc1ccc(Br)cc1CNS(=O)(=O)c1ncn(C)c1Cl. The minimum Gasteiger partial charge on any atom is -0.496 e. The van der Waals surface area contributed by atoms with Crippen LogP contribution in [0.4, 0.5) is 0 Å². The summed E-state index contributed by atoms with van der Waals surface area (Å²) in [5, 5.41) is -0.135. The second-order valence-corrected chi connectivity index (χ2v) is 7.19. The highest BCUT2D eigenvalue weighted by atomic mass is 79.9. The maximum Gasteiger partial charge on any atom is 0.261 e. The summed E-state index contributed by atoms with van der Waals surface area (Å²) in [6, 6.07) is 5.34. The summed E-state index contributed by atoms with van der Waals surface area (Å²) in [6.07, 6.45) is 1.34. The van der Waals surface area contributed by atoms with Gasteiger partial charge in [0.25, 0.3) is 10.0 Å². The first-order valence-corrected chi connectivity index (χ1v) is 8.49. The molecule has 0 aliphatic rings. The molecular weight excluding hydrogens is 382 g/mol. The molecule has 6 nitrogen and oxygen atoms in total. The van der Waals surface area contributed by atoms with Crippen molar-refractivity contribution >= 4 is 37.6 Å². The first-order chi connectivity index (χ1) is 9.85. The first-order valence-electron chi connectivity index (χ1n) is 5.84. The van der Waals surface area contributed by atoms with E-state index in [0.717, 1.165) is 4.47 Å². The van der Waals surface area contributed by atoms with Crippen molar-refractivity contribution in [3.05, 3.63) is 39.7 Å². The van der Waals surface area contributed by atoms with Crippen molar-refractivity contribution < 1.29 is 13.2 Å². The average Bonchev–Trinajstić information content (AvgIpc) is 2.78. The fourth-order valence-corrected chi connectivity index (χ4v) is 3.54. The van der Waals surface area contributed by atoms with Crippen LogP contribution in [0.2, 0.25) is 5.15 Å². The van der Waals surface area contributed by atoms with Gasteiger partial charge < -0.3 is 9.30 Å². The molecule has 0 saturated carbocycles. The maximum atomic E-state index is 12.2. The van der Waals surface area contributed by atoms with Gasteiger partial charge in [-0.1, -0.05) is 27.5 Å². The van der Waals surface area contributed by atoms with E-state index >= 15 is 0 Å². The van der Waals surface area contributed by atoms with Crippen molar-refractivity contribution in [1.29, 1.82) is 0 Å². The van der Waals surface area contributed by atoms with Gasteiger partial charge in [-0.15, -0.1) is 0 Å². The first kappa shape index (κ1) is 16.3. The lowest BCUT2D eigenvalue weighted by atomic mass is 10.2. The summed E-state index contributed by atoms with van der Waals surface area (Å²) in [4.78, 5) is 3.80. The lowest BCUT2D eigenvalue weighted by molar-refractivity contribution is 0.409. The molecule has 2 aromatic rings. The highest BCUT2D eigenvalue weighted by Gasteiger charge is 2.22. The van der Waals surface area contributed by atoms with Crippen molar-refractivity contribution in [2.45, 2.75) is 11.6 Å². The van der Waals surface area contributed by atoms with Crippen LogP contribution in [-0.4, -0.2) is 25.1 Å². The minimum atomic E-state index is -3.79. The molecule has 0 unspecified atom stereocenters. The molecular formula is C12H13BrClN3O3S. The molecule has 2 rings (SSSR count). The van der Waals surface area contributed by atoms with Gasteiger partial charge in [-0.05, 0) is 18.2 Å². The van der Waals surface area contributed by atoms with E-state index in [1.807, 2.05) is 6.07 Å². The highest BCUT2D eigenvalue weighted by molar-refractivity contribution is 9.10. The van der Waals surface area contributed by atoms with Crippen LogP contribution in [0.3, 0.4) is 0 Å². The van der Waals surface area contributed by atoms with Crippen molar-refractivity contribution in [3.63, 3.8) is 0 Å². The molecule has 0 bridgehead atoms. The molecule has 0 spiro atoms. The minimum absolute atomic E-state index is 0.0590. The second-order valence-electron chi connectivity index (χ2n) is 4.23. The molecule has 1 aromatic heterocycles. The molecule has 1 N–H and O–H groups in total. The van der Waals surface area contributed by atoms with E-state index in [9.17, 15) is 8.42 Å². The number of rotatable bonds is 5. The summed E-state index contributed by atoms with van der Waals surface area (Å²) in [5.74, 6) is 0.591. The molecule has 0 amide bonds. The van der Waals surface area contributed by atoms with Crippen LogP contribution in [0, 0.1) is 0 Å². The quantitative estimate of drug-likeness (QED) is 0.845. The Morgan fingerprint density at radius 2 is 2.19 bits per heavy atom. The standard InChI is InChI=1S/C12H13BrClN3O3S/c1-17-7-15-12(11(17)14)21(18,19)16-6-8-5-9(13)3-4-10(8)20-2/h3-5,7,16H,6H2,1-2H3. The van der Waals surface area contributed by atoms with E-state index in [0.29, 0.717) is 11.3 Å². The summed E-state index contributed by atoms with van der Waals surface area (Å²) >= 11 is 9.24. The number of nitrogens with zero attached hydrogens (tertiary/aromatic N) is 2. The third kappa shape index (κ3) is 3.57. The summed E-state index contributed by atoms with van der Waals surface area (Å²) in [7, 11) is -0.649. The Bertz CT molecular complexity index is 761. The van der Waals surface area contributed by atoms with Crippen LogP contribution in [0.25, 0.3) is 0 Å². The van der Waals surface area contributed by atoms with Crippen LogP contribution < -0.4 is 9.46 Å². The van der Waals surface area contributed by atoms with Gasteiger partial charge in [0.15, 0.2) is 0 Å². The normalized spacial score (nSPS) is 11.6. The highest BCUT2D eigenvalue weighted by Crippen LogP contribution is 2.24. The fraction of sp³-hybridized carbons (Fsp3) is 0.250. The largest absolute Gasteiger partial charge is 0.496 e. The van der Waals surface area contributed by atoms with Gasteiger partial charge in [0.1, 0.15) is 10.9 Å². The topological polar surface area (TPSA) is 73.2 Å². The van der Waals surface area contributed by atoms with E-state index in [1.165, 1.54) is 18.0 Å². The van der Waals surface area contributed by atoms with Crippen molar-refractivity contribution in [2.24, 2.45) is 7.05 Å². The van der Waals surface area contributed by atoms with E-state index in [2.05, 4.69) is 25.6 Å². The number of ether oxygens (including phenoxy) is 1. The lowest BCUT2D eigenvalue weighted by Gasteiger charge is -2.10. The Balaban J connectivity index is 2.23. The molecule has 114 valence electrons. The number of aromatic nitrogens is 2. The maximum absolute atomic E-state index is 12.2. The van der Waals surface area contributed by atoms with Crippen LogP contribution in [0.5, 0.6) is 5.75 Å². The number of hydrogen-bond donors (Lipinski definition) is 1. The molecule has 21 heavy (non-hydrogen) atoms. The number of nitrogens with one attached hydrogen (secondary N) is 1. The molecule has 0 aliphatic heterocycles. The molecule has 0 aliphatic carbocycles. The third-order valence-electron chi connectivity index (χ3n) is 2.78. The average molecular weight is 395 g/mol. The zero-order valence-corrected chi connectivity index (χ0v) is 14.5. The number of halogens is 2. The second kappa shape index (κ2) is 6.35. The Labute approximate surface area is 136 Å². The van der Waals surface area contributed by atoms with Crippen LogP contribution in [-0.2, 0) is 23.6 Å². The van der Waals surface area contributed by atoms with Gasteiger partial charge in [0.05, 0.1) is 13.4 Å². The molecule has 1 heterocycles. The number of sulfonamides is 1. The monoisotopic (exact) mass is 393 g/mol. The van der Waals surface area contributed by atoms with Crippen LogP contribution in [0.1, 0.15) is 5.56 Å². The number of aryl methyl sites for hydroxylation is 1. The molecule has 0 saturated heterocycles. The van der Waals surface area contributed by atoms with Gasteiger partial charge in [-0.3, -0.25) is 0 Å². The molecule has 0 fully saturated rings. The molecule has 0 radical (unpaired) electrons. The van der Waals surface area contributed by atoms with E-state index in [-0.39, 0.29) is 16.7 Å². The number of imidazole rings is 1. The predicted molar refractivity (Wildman–Crippen MR) is 82.9 cm³/mol. The van der Waals surface area contributed by atoms with Gasteiger partial charge in [0, 0.05) is 23.6 Å². The predicted octanol–water partition coefficient (Wildman–Crippen LogP) is 2.32. The van der Waals surface area contributed by atoms with Gasteiger partial charge in [-0.2, -0.15) is 0 Å². The number of benzene rings is 1. The Morgan fingerprint density at radius 1 is 1.48 bits per heavy atom. The van der Waals surface area contributed by atoms with E-state index in [4.69, 9.17) is 16.3 Å². The zero-order valence-electron chi connectivity index (χ0n) is 11.3. The number of hydrogen-bond acceptors (Lipinski definition) is 4. The molecule has 0 atom stereocenters. The zero-order chi connectivity index (χ0) is 15.6. The third-order valence-corrected chi connectivity index (χ3v) is 5.17. The van der Waals surface area contributed by atoms with E-state index < -0.39 is 10.0 Å². The number of methoxy groups -OCH3 is 1. The Morgan fingerprint density at radius 3 is 2.76 bits per heavy atom. The lowest BCUT2D eigenvalue weighted by Crippen LogP contribution is -2.24. The summed E-state index contributed by atoms with van der Waals surface area (Å²) < 4.78 is 34.3. The van der Waals surface area contributed by atoms with Crippen molar-refractivity contribution in [3.8, 4) is 5.75 Å². The van der Waals surface area contributed by atoms with Crippen LogP contribution >= 0.6 is 27.5 Å². The summed E-state index contributed by atoms with van der Waals surface area (Å²) in [5.41, 5.74) is 0.697.